The van der Waals surface area contributed by atoms with E-state index >= 15 is 0 Å². The van der Waals surface area contributed by atoms with Gasteiger partial charge in [0, 0.05) is 0 Å². The molecule has 0 spiro atoms. The molecule has 0 saturated heterocycles. The number of esters is 1. The molecule has 0 aliphatic carbocycles. The Bertz CT molecular complexity index is 269. The molecule has 0 aromatic carbocycles. The molecular formula is C9H12O2Se. The monoisotopic (exact) mass is 232 g/mol. The number of ether oxygens (including phenoxy) is 1. The van der Waals surface area contributed by atoms with E-state index in [-0.39, 0.29) is 20.5 Å². The maximum atomic E-state index is 11.2. The molecule has 0 bridgehead atoms. The number of aryl methyl sites for hydroxylation is 2. The number of rotatable bonds is 2. The number of carbonyl (C=O) groups is 1. The predicted octanol–water partition coefficient (Wildman–Crippen LogP) is 1.54. The maximum absolute atomic E-state index is 11.2. The third-order valence-corrected chi connectivity index (χ3v) is 4.02. The van der Waals surface area contributed by atoms with Crippen LogP contribution in [0.2, 0.25) is 0 Å². The van der Waals surface area contributed by atoms with Gasteiger partial charge in [-0.2, -0.15) is 0 Å². The fourth-order valence-corrected chi connectivity index (χ4v) is 2.82. The van der Waals surface area contributed by atoms with Crippen molar-refractivity contribution in [2.75, 3.05) is 6.61 Å². The van der Waals surface area contributed by atoms with Crippen LogP contribution in [0.1, 0.15) is 26.2 Å². The molecule has 1 aromatic heterocycles. The first kappa shape index (κ1) is 9.56. The molecule has 1 rings (SSSR count). The van der Waals surface area contributed by atoms with Crippen LogP contribution in [0.5, 0.6) is 0 Å². The van der Waals surface area contributed by atoms with Crippen molar-refractivity contribution < 1.29 is 9.53 Å². The van der Waals surface area contributed by atoms with Crippen molar-refractivity contribution in [3.8, 4) is 0 Å². The quantitative estimate of drug-likeness (QED) is 0.570. The molecule has 2 nitrogen and oxygen atoms in total. The second-order valence-electron chi connectivity index (χ2n) is 2.57. The van der Waals surface area contributed by atoms with E-state index < -0.39 is 0 Å². The summed E-state index contributed by atoms with van der Waals surface area (Å²) in [5.74, 6) is -0.145. The molecule has 0 amide bonds. The van der Waals surface area contributed by atoms with Gasteiger partial charge in [-0.25, -0.2) is 0 Å². The molecule has 3 heteroatoms. The van der Waals surface area contributed by atoms with Gasteiger partial charge >= 0.3 is 77.9 Å². The average Bonchev–Trinajstić information content (AvgIpc) is 2.33. The van der Waals surface area contributed by atoms with Gasteiger partial charge in [0.2, 0.25) is 0 Å². The van der Waals surface area contributed by atoms with Crippen molar-refractivity contribution in [3.05, 3.63) is 20.5 Å². The van der Waals surface area contributed by atoms with E-state index in [0.29, 0.717) is 6.61 Å². The van der Waals surface area contributed by atoms with Crippen LogP contribution >= 0.6 is 0 Å². The van der Waals surface area contributed by atoms with Crippen LogP contribution in [0.3, 0.4) is 0 Å². The Hall–Kier alpha value is -0.531. The zero-order chi connectivity index (χ0) is 9.14. The van der Waals surface area contributed by atoms with Gasteiger partial charge in [-0.1, -0.05) is 0 Å². The van der Waals surface area contributed by atoms with Gasteiger partial charge in [-0.05, 0) is 0 Å². The van der Waals surface area contributed by atoms with Crippen LogP contribution in [0.25, 0.3) is 0 Å². The first-order valence-corrected chi connectivity index (χ1v) is 5.60. The summed E-state index contributed by atoms with van der Waals surface area (Å²) in [5, 5.41) is 0. The van der Waals surface area contributed by atoms with E-state index in [2.05, 4.69) is 6.92 Å². The van der Waals surface area contributed by atoms with E-state index in [1.165, 1.54) is 10.0 Å². The normalized spacial score (nSPS) is 9.92. The van der Waals surface area contributed by atoms with Gasteiger partial charge in [0.05, 0.1) is 0 Å². The Morgan fingerprint density at radius 2 is 2.25 bits per heavy atom. The minimum absolute atomic E-state index is 0.145. The summed E-state index contributed by atoms with van der Waals surface area (Å²) in [4.78, 5) is 11.2. The van der Waals surface area contributed by atoms with Crippen molar-refractivity contribution in [2.45, 2.75) is 20.8 Å². The van der Waals surface area contributed by atoms with Gasteiger partial charge in [0.25, 0.3) is 0 Å². The fourth-order valence-electron chi connectivity index (χ4n) is 0.876. The standard InChI is InChI=1S/C9H12O2Se/c1-4-11-9(10)8-5-6(2)7(3)12-8/h5H,4H2,1-3H3. The fraction of sp³-hybridized carbons (Fsp3) is 0.444. The van der Waals surface area contributed by atoms with Crippen LogP contribution in [0, 0.1) is 13.8 Å². The summed E-state index contributed by atoms with van der Waals surface area (Å²) in [6.07, 6.45) is 0. The molecule has 0 unspecified atom stereocenters. The first-order chi connectivity index (χ1) is 5.65. The molecule has 0 fully saturated rings. The van der Waals surface area contributed by atoms with Crippen LogP contribution in [0.4, 0.5) is 0 Å². The molecule has 1 heterocycles. The third kappa shape index (κ3) is 1.99. The topological polar surface area (TPSA) is 26.3 Å². The predicted molar refractivity (Wildman–Crippen MR) is 48.8 cm³/mol. The summed E-state index contributed by atoms with van der Waals surface area (Å²) in [6.45, 7) is 6.39. The van der Waals surface area contributed by atoms with Crippen molar-refractivity contribution in [3.63, 3.8) is 0 Å². The Kier molecular flexibility index (Phi) is 3.12. The zero-order valence-corrected chi connectivity index (χ0v) is 9.22. The van der Waals surface area contributed by atoms with Crippen LogP contribution < -0.4 is 0 Å². The SMILES string of the molecule is CCOC(=O)c1cc(C)c(C)[se]1. The second-order valence-corrected chi connectivity index (χ2v) is 5.21. The first-order valence-electron chi connectivity index (χ1n) is 3.89. The number of hydrogen-bond acceptors (Lipinski definition) is 2. The zero-order valence-electron chi connectivity index (χ0n) is 7.51. The van der Waals surface area contributed by atoms with Gasteiger partial charge in [0.1, 0.15) is 0 Å². The Morgan fingerprint density at radius 1 is 1.58 bits per heavy atom. The number of hydrogen-bond donors (Lipinski definition) is 0. The van der Waals surface area contributed by atoms with Gasteiger partial charge in [-0.15, -0.1) is 0 Å². The van der Waals surface area contributed by atoms with E-state index in [1.54, 1.807) is 0 Å². The summed E-state index contributed by atoms with van der Waals surface area (Å²) >= 11 is 0.205. The molecule has 0 atom stereocenters. The Morgan fingerprint density at radius 3 is 2.67 bits per heavy atom. The van der Waals surface area contributed by atoms with E-state index in [1.807, 2.05) is 19.9 Å². The second kappa shape index (κ2) is 3.92. The van der Waals surface area contributed by atoms with Gasteiger partial charge < -0.3 is 0 Å². The molecule has 66 valence electrons. The molecule has 0 saturated carbocycles. The molecular weight excluding hydrogens is 219 g/mol. The van der Waals surface area contributed by atoms with Crippen molar-refractivity contribution in [2.24, 2.45) is 0 Å². The van der Waals surface area contributed by atoms with Crippen molar-refractivity contribution in [1.82, 2.24) is 0 Å². The molecule has 12 heavy (non-hydrogen) atoms. The molecule has 0 radical (unpaired) electrons. The molecule has 0 N–H and O–H groups in total. The molecule has 0 aliphatic heterocycles. The summed E-state index contributed by atoms with van der Waals surface area (Å²) < 4.78 is 7.08. The Balaban J connectivity index is 2.82. The summed E-state index contributed by atoms with van der Waals surface area (Å²) in [5.41, 5.74) is 1.22. The molecule has 0 aliphatic rings. The average molecular weight is 231 g/mol. The molecule has 1 aromatic rings. The number of carbonyl (C=O) groups excluding carboxylic acids is 1. The van der Waals surface area contributed by atoms with Crippen LogP contribution in [-0.2, 0) is 4.74 Å². The van der Waals surface area contributed by atoms with E-state index in [4.69, 9.17) is 4.74 Å². The van der Waals surface area contributed by atoms with Crippen molar-refractivity contribution >= 4 is 20.5 Å². The van der Waals surface area contributed by atoms with Gasteiger partial charge in [-0.3, -0.25) is 0 Å². The van der Waals surface area contributed by atoms with Gasteiger partial charge in [0.15, 0.2) is 0 Å². The van der Waals surface area contributed by atoms with Crippen LogP contribution in [0.15, 0.2) is 6.07 Å². The van der Waals surface area contributed by atoms with Crippen LogP contribution in [-0.4, -0.2) is 27.1 Å². The minimum atomic E-state index is -0.145. The summed E-state index contributed by atoms with van der Waals surface area (Å²) in [6, 6.07) is 1.94. The third-order valence-electron chi connectivity index (χ3n) is 1.64. The van der Waals surface area contributed by atoms with Crippen molar-refractivity contribution in [1.29, 1.82) is 0 Å². The van der Waals surface area contributed by atoms with E-state index in [0.717, 1.165) is 4.44 Å². The van der Waals surface area contributed by atoms with E-state index in [9.17, 15) is 4.79 Å². The summed E-state index contributed by atoms with van der Waals surface area (Å²) in [7, 11) is 0. The Labute approximate surface area is 78.3 Å².